The molecule has 2 aromatic carbocycles. The quantitative estimate of drug-likeness (QED) is 0.511. The predicted molar refractivity (Wildman–Crippen MR) is 115 cm³/mol. The first-order valence-electron chi connectivity index (χ1n) is 8.65. The van der Waals surface area contributed by atoms with Gasteiger partial charge in [0.25, 0.3) is 5.91 Å². The van der Waals surface area contributed by atoms with Gasteiger partial charge in [0.1, 0.15) is 0 Å². The Balaban J connectivity index is 1.90. The molecule has 7 heteroatoms. The molecular weight excluding hydrogens is 396 g/mol. The van der Waals surface area contributed by atoms with Gasteiger partial charge in [-0.25, -0.2) is 4.99 Å². The molecule has 1 fully saturated rings. The highest BCUT2D eigenvalue weighted by atomic mass is 35.5. The van der Waals surface area contributed by atoms with E-state index in [4.69, 9.17) is 16.3 Å². The smallest absolute Gasteiger partial charge is 0.264 e. The second-order valence-electron chi connectivity index (χ2n) is 5.91. The lowest BCUT2D eigenvalue weighted by molar-refractivity contribution is -0.115. The van der Waals surface area contributed by atoms with Crippen molar-refractivity contribution in [3.05, 3.63) is 70.1 Å². The minimum Gasteiger partial charge on any atom is -0.504 e. The topological polar surface area (TPSA) is 70.9 Å². The number of rotatable bonds is 6. The minimum absolute atomic E-state index is 0.0932. The first kappa shape index (κ1) is 20.0. The molecular formula is C21H19ClN2O3S. The molecule has 5 nitrogen and oxygen atoms in total. The van der Waals surface area contributed by atoms with E-state index >= 15 is 0 Å². The fraction of sp³-hybridized carbons (Fsp3) is 0.143. The van der Waals surface area contributed by atoms with Crippen LogP contribution in [0.3, 0.4) is 0 Å². The Morgan fingerprint density at radius 1 is 1.36 bits per heavy atom. The molecule has 28 heavy (non-hydrogen) atoms. The highest BCUT2D eigenvalue weighted by Crippen LogP contribution is 2.35. The van der Waals surface area contributed by atoms with Crippen molar-refractivity contribution in [2.75, 3.05) is 6.61 Å². The normalized spacial score (nSPS) is 16.4. The number of carbonyl (C=O) groups excluding carboxylic acids is 1. The number of hydrogen-bond donors (Lipinski definition) is 2. The second kappa shape index (κ2) is 8.99. The van der Waals surface area contributed by atoms with Gasteiger partial charge in [-0.2, -0.15) is 0 Å². The molecule has 1 aliphatic heterocycles. The summed E-state index contributed by atoms with van der Waals surface area (Å²) in [6, 6.07) is 10.6. The van der Waals surface area contributed by atoms with E-state index in [0.29, 0.717) is 45.1 Å². The third kappa shape index (κ3) is 4.77. The summed E-state index contributed by atoms with van der Waals surface area (Å²) in [5.74, 6) is 0.239. The number of allylic oxidation sites excluding steroid dienone is 1. The van der Waals surface area contributed by atoms with Crippen molar-refractivity contribution in [3.8, 4) is 11.5 Å². The van der Waals surface area contributed by atoms with E-state index in [2.05, 4.69) is 16.9 Å². The first-order chi connectivity index (χ1) is 13.5. The summed E-state index contributed by atoms with van der Waals surface area (Å²) in [6.07, 6.45) is 3.94. The van der Waals surface area contributed by atoms with Gasteiger partial charge in [0, 0.05) is 10.6 Å². The lowest BCUT2D eigenvalue weighted by atomic mass is 10.1. The molecule has 0 saturated carbocycles. The van der Waals surface area contributed by atoms with Gasteiger partial charge in [-0.3, -0.25) is 4.79 Å². The van der Waals surface area contributed by atoms with Crippen LogP contribution in [0.4, 0.5) is 5.69 Å². The summed E-state index contributed by atoms with van der Waals surface area (Å²) in [5.41, 5.74) is 2.09. The van der Waals surface area contributed by atoms with Crippen molar-refractivity contribution < 1.29 is 14.6 Å². The predicted octanol–water partition coefficient (Wildman–Crippen LogP) is 5.06. The highest BCUT2D eigenvalue weighted by molar-refractivity contribution is 8.18. The van der Waals surface area contributed by atoms with E-state index in [-0.39, 0.29) is 11.7 Å². The number of ether oxygens (including phenoxy) is 1. The Hall–Kier alpha value is -2.70. The van der Waals surface area contributed by atoms with Crippen molar-refractivity contribution in [1.82, 2.24) is 5.32 Å². The number of benzene rings is 2. The fourth-order valence-electron chi connectivity index (χ4n) is 2.64. The Morgan fingerprint density at radius 2 is 2.18 bits per heavy atom. The molecule has 1 saturated heterocycles. The van der Waals surface area contributed by atoms with Crippen LogP contribution < -0.4 is 10.1 Å². The number of halogens is 1. The SMILES string of the molecule is C=CCc1cc(/C=C2\SC(=Nc3cccc(Cl)c3)NC2=O)cc(OCC)c1O. The molecule has 0 aliphatic carbocycles. The number of nitrogens with one attached hydrogen (secondary N) is 1. The molecule has 0 bridgehead atoms. The van der Waals surface area contributed by atoms with Crippen LogP contribution in [0, 0.1) is 0 Å². The van der Waals surface area contributed by atoms with Crippen LogP contribution in [-0.2, 0) is 11.2 Å². The summed E-state index contributed by atoms with van der Waals surface area (Å²) >= 11 is 7.22. The number of aliphatic imine (C=N–C) groups is 1. The number of hydrogen-bond acceptors (Lipinski definition) is 5. The number of aromatic hydroxyl groups is 1. The van der Waals surface area contributed by atoms with E-state index in [9.17, 15) is 9.90 Å². The lowest BCUT2D eigenvalue weighted by Crippen LogP contribution is -2.19. The van der Waals surface area contributed by atoms with Gasteiger partial charge < -0.3 is 15.2 Å². The van der Waals surface area contributed by atoms with Crippen molar-refractivity contribution in [2.45, 2.75) is 13.3 Å². The zero-order chi connectivity index (χ0) is 20.1. The van der Waals surface area contributed by atoms with Crippen molar-refractivity contribution in [3.63, 3.8) is 0 Å². The highest BCUT2D eigenvalue weighted by Gasteiger charge is 2.24. The molecule has 0 radical (unpaired) electrons. The van der Waals surface area contributed by atoms with Crippen LogP contribution >= 0.6 is 23.4 Å². The molecule has 0 spiro atoms. The maximum absolute atomic E-state index is 12.3. The molecule has 3 rings (SSSR count). The van der Waals surface area contributed by atoms with Crippen LogP contribution in [-0.4, -0.2) is 22.8 Å². The van der Waals surface area contributed by atoms with E-state index in [0.717, 1.165) is 5.56 Å². The Bertz CT molecular complexity index is 986. The largest absolute Gasteiger partial charge is 0.504 e. The van der Waals surface area contributed by atoms with Gasteiger partial charge in [0.15, 0.2) is 16.7 Å². The van der Waals surface area contributed by atoms with Gasteiger partial charge in [-0.05, 0) is 67.1 Å². The maximum Gasteiger partial charge on any atom is 0.264 e. The summed E-state index contributed by atoms with van der Waals surface area (Å²) in [5, 5.41) is 14.1. The molecule has 0 unspecified atom stereocenters. The van der Waals surface area contributed by atoms with Gasteiger partial charge in [0.2, 0.25) is 0 Å². The number of phenols is 1. The number of nitrogens with zero attached hydrogens (tertiary/aromatic N) is 1. The van der Waals surface area contributed by atoms with E-state index in [1.54, 1.807) is 36.4 Å². The molecule has 1 heterocycles. The third-order valence-electron chi connectivity index (χ3n) is 3.83. The van der Waals surface area contributed by atoms with Crippen LogP contribution in [0.25, 0.3) is 6.08 Å². The van der Waals surface area contributed by atoms with Crippen molar-refractivity contribution >= 4 is 46.2 Å². The summed E-state index contributed by atoms with van der Waals surface area (Å²) < 4.78 is 5.51. The number of thioether (sulfide) groups is 1. The lowest BCUT2D eigenvalue weighted by Gasteiger charge is -2.11. The minimum atomic E-state index is -0.234. The van der Waals surface area contributed by atoms with Crippen molar-refractivity contribution in [1.29, 1.82) is 0 Å². The zero-order valence-corrected chi connectivity index (χ0v) is 16.8. The van der Waals surface area contributed by atoms with Gasteiger partial charge in [0.05, 0.1) is 17.2 Å². The summed E-state index contributed by atoms with van der Waals surface area (Å²) in [7, 11) is 0. The average Bonchev–Trinajstić information content (AvgIpc) is 2.98. The molecule has 0 aromatic heterocycles. The molecule has 144 valence electrons. The van der Waals surface area contributed by atoms with Crippen LogP contribution in [0.2, 0.25) is 5.02 Å². The first-order valence-corrected chi connectivity index (χ1v) is 9.84. The summed E-state index contributed by atoms with van der Waals surface area (Å²) in [4.78, 5) is 17.2. The van der Waals surface area contributed by atoms with Crippen LogP contribution in [0.1, 0.15) is 18.1 Å². The standard InChI is InChI=1S/C21H19ClN2O3S/c1-3-6-14-9-13(10-17(19(14)25)27-4-2)11-18-20(26)24-21(28-18)23-16-8-5-7-15(22)12-16/h3,5,7-12,25H,1,4,6H2,2H3,(H,23,24,26)/b18-11-. The molecule has 0 atom stereocenters. The molecule has 2 aromatic rings. The van der Waals surface area contributed by atoms with Crippen molar-refractivity contribution in [2.24, 2.45) is 4.99 Å². The fourth-order valence-corrected chi connectivity index (χ4v) is 3.67. The van der Waals surface area contributed by atoms with Gasteiger partial charge in [-0.1, -0.05) is 23.7 Å². The molecule has 1 amide bonds. The van der Waals surface area contributed by atoms with Crippen LogP contribution in [0.5, 0.6) is 11.5 Å². The van der Waals surface area contributed by atoms with Crippen LogP contribution in [0.15, 0.2) is 59.0 Å². The number of phenolic OH excluding ortho intramolecular Hbond substituents is 1. The third-order valence-corrected chi connectivity index (χ3v) is 4.97. The van der Waals surface area contributed by atoms with Gasteiger partial charge in [-0.15, -0.1) is 6.58 Å². The van der Waals surface area contributed by atoms with E-state index in [1.807, 2.05) is 19.1 Å². The monoisotopic (exact) mass is 414 g/mol. The van der Waals surface area contributed by atoms with E-state index < -0.39 is 0 Å². The maximum atomic E-state index is 12.3. The number of carbonyl (C=O) groups is 1. The average molecular weight is 415 g/mol. The number of amides is 1. The molecule has 2 N–H and O–H groups in total. The Kier molecular flexibility index (Phi) is 6.44. The zero-order valence-electron chi connectivity index (χ0n) is 15.2. The summed E-state index contributed by atoms with van der Waals surface area (Å²) in [6.45, 7) is 5.98. The second-order valence-corrected chi connectivity index (χ2v) is 7.38. The molecule has 1 aliphatic rings. The Labute approximate surface area is 172 Å². The number of amidine groups is 1. The Morgan fingerprint density at radius 3 is 2.89 bits per heavy atom. The van der Waals surface area contributed by atoms with E-state index in [1.165, 1.54) is 11.8 Å². The van der Waals surface area contributed by atoms with Gasteiger partial charge >= 0.3 is 0 Å².